The average molecular weight is 453 g/mol. The van der Waals surface area contributed by atoms with Gasteiger partial charge in [0.2, 0.25) is 16.8 Å². The maximum Gasteiger partial charge on any atom is 0.416 e. The third kappa shape index (κ3) is 4.82. The minimum Gasteiger partial charge on any atom is -0.467 e. The molecule has 0 fully saturated rings. The number of hydrogen-bond acceptors (Lipinski definition) is 9. The maximum atomic E-state index is 12.9. The van der Waals surface area contributed by atoms with Crippen molar-refractivity contribution in [2.75, 3.05) is 5.32 Å². The van der Waals surface area contributed by atoms with Gasteiger partial charge in [-0.3, -0.25) is 0 Å². The Morgan fingerprint density at radius 3 is 2.83 bits per heavy atom. The van der Waals surface area contributed by atoms with Crippen molar-refractivity contribution >= 4 is 28.2 Å². The zero-order chi connectivity index (χ0) is 21.1. The lowest BCUT2D eigenvalue weighted by molar-refractivity contribution is -0.137. The van der Waals surface area contributed by atoms with Crippen molar-refractivity contribution in [3.05, 3.63) is 59.9 Å². The number of alkyl halides is 3. The Morgan fingerprint density at radius 1 is 1.20 bits per heavy atom. The average Bonchev–Trinajstić information content (AvgIpc) is 3.47. The van der Waals surface area contributed by atoms with Crippen LogP contribution < -0.4 is 5.32 Å². The monoisotopic (exact) mass is 453 g/mol. The lowest BCUT2D eigenvalue weighted by Crippen LogP contribution is -2.04. The van der Waals surface area contributed by atoms with Crippen LogP contribution in [0.1, 0.15) is 29.4 Å². The molecule has 0 radical (unpaired) electrons. The molecule has 12 heteroatoms. The van der Waals surface area contributed by atoms with E-state index in [0.717, 1.165) is 17.9 Å². The van der Waals surface area contributed by atoms with E-state index in [0.29, 0.717) is 16.0 Å². The Balaban J connectivity index is 1.40. The zero-order valence-corrected chi connectivity index (χ0v) is 17.0. The molecule has 1 N–H and O–H groups in total. The van der Waals surface area contributed by atoms with E-state index in [-0.39, 0.29) is 22.5 Å². The molecule has 3 heterocycles. The van der Waals surface area contributed by atoms with E-state index in [1.807, 2.05) is 13.0 Å². The molecule has 0 aliphatic rings. The highest BCUT2D eigenvalue weighted by atomic mass is 32.2. The molecular weight excluding hydrogens is 439 g/mol. The summed E-state index contributed by atoms with van der Waals surface area (Å²) in [6.07, 6.45) is -2.84. The van der Waals surface area contributed by atoms with Crippen molar-refractivity contribution in [3.63, 3.8) is 0 Å². The maximum absolute atomic E-state index is 12.9. The van der Waals surface area contributed by atoms with Crippen LogP contribution in [-0.2, 0) is 12.7 Å². The van der Waals surface area contributed by atoms with Crippen molar-refractivity contribution in [2.24, 2.45) is 0 Å². The molecule has 0 saturated carbocycles. The quantitative estimate of drug-likeness (QED) is 0.358. The molecule has 0 aliphatic carbocycles. The first-order chi connectivity index (χ1) is 14.4. The first-order valence-corrected chi connectivity index (χ1v) is 10.4. The minimum atomic E-state index is -4.44. The van der Waals surface area contributed by atoms with Gasteiger partial charge >= 0.3 is 6.18 Å². The highest BCUT2D eigenvalue weighted by Crippen LogP contribution is 2.37. The molecule has 0 aliphatic heterocycles. The Hall–Kier alpha value is -2.86. The second-order valence-corrected chi connectivity index (χ2v) is 8.67. The predicted octanol–water partition coefficient (Wildman–Crippen LogP) is 5.67. The Morgan fingerprint density at radius 2 is 2.07 bits per heavy atom. The van der Waals surface area contributed by atoms with Gasteiger partial charge in [0, 0.05) is 5.56 Å². The fourth-order valence-electron chi connectivity index (χ4n) is 2.46. The van der Waals surface area contributed by atoms with Crippen LogP contribution in [0.15, 0.2) is 55.9 Å². The third-order valence-electron chi connectivity index (χ3n) is 3.92. The molecule has 0 amide bonds. The number of nitrogens with zero attached hydrogens (tertiary/aromatic N) is 4. The molecule has 30 heavy (non-hydrogen) atoms. The fraction of sp³-hybridized carbons (Fsp3) is 0.222. The number of benzene rings is 1. The largest absolute Gasteiger partial charge is 0.467 e. The molecule has 4 aromatic rings. The highest BCUT2D eigenvalue weighted by Gasteiger charge is 2.31. The molecule has 0 bridgehead atoms. The van der Waals surface area contributed by atoms with Crippen molar-refractivity contribution in [3.8, 4) is 11.4 Å². The summed E-state index contributed by atoms with van der Waals surface area (Å²) in [5, 5.41) is 15.5. The van der Waals surface area contributed by atoms with Gasteiger partial charge in [0.05, 0.1) is 23.6 Å². The van der Waals surface area contributed by atoms with Crippen LogP contribution in [-0.4, -0.2) is 20.3 Å². The smallest absolute Gasteiger partial charge is 0.416 e. The Labute approximate surface area is 176 Å². The topological polar surface area (TPSA) is 89.9 Å². The van der Waals surface area contributed by atoms with E-state index in [1.54, 1.807) is 12.3 Å². The van der Waals surface area contributed by atoms with Gasteiger partial charge in [0.1, 0.15) is 5.76 Å². The first kappa shape index (κ1) is 20.4. The van der Waals surface area contributed by atoms with E-state index in [2.05, 4.69) is 25.7 Å². The van der Waals surface area contributed by atoms with Crippen LogP contribution in [0.4, 0.5) is 18.3 Å². The van der Waals surface area contributed by atoms with Gasteiger partial charge in [-0.2, -0.15) is 18.2 Å². The Kier molecular flexibility index (Phi) is 5.77. The number of thioether (sulfide) groups is 1. The van der Waals surface area contributed by atoms with Crippen LogP contribution >= 0.6 is 23.1 Å². The summed E-state index contributed by atoms with van der Waals surface area (Å²) in [5.74, 6) is 1.16. The van der Waals surface area contributed by atoms with E-state index < -0.39 is 11.7 Å². The molecule has 1 atom stereocenters. The van der Waals surface area contributed by atoms with Crippen molar-refractivity contribution < 1.29 is 22.1 Å². The van der Waals surface area contributed by atoms with Gasteiger partial charge < -0.3 is 14.3 Å². The normalized spacial score (nSPS) is 12.8. The van der Waals surface area contributed by atoms with Gasteiger partial charge in [-0.1, -0.05) is 40.4 Å². The molecule has 0 saturated heterocycles. The Bertz CT molecular complexity index is 1110. The number of anilines is 1. The number of halogens is 3. The number of nitrogens with one attached hydrogen (secondary N) is 1. The van der Waals surface area contributed by atoms with E-state index in [1.165, 1.54) is 35.2 Å². The summed E-state index contributed by atoms with van der Waals surface area (Å²) in [6.45, 7) is 2.33. The standard InChI is InChI=1S/C18H14F3N5O2S2/c1-10(29-17-25-24-16(30-17)22-9-13-6-3-7-27-13)15-23-14(26-28-15)11-4-2-5-12(8-11)18(19,20)21/h2-8,10H,9H2,1H3,(H,22,24). The highest BCUT2D eigenvalue weighted by molar-refractivity contribution is 8.01. The van der Waals surface area contributed by atoms with Gasteiger partial charge in [0.25, 0.3) is 0 Å². The molecule has 4 rings (SSSR count). The number of hydrogen-bond donors (Lipinski definition) is 1. The van der Waals surface area contributed by atoms with Crippen molar-refractivity contribution in [1.29, 1.82) is 0 Å². The van der Waals surface area contributed by atoms with Crippen LogP contribution in [0, 0.1) is 0 Å². The van der Waals surface area contributed by atoms with Gasteiger partial charge in [0.15, 0.2) is 4.34 Å². The first-order valence-electron chi connectivity index (χ1n) is 8.66. The molecule has 1 unspecified atom stereocenters. The summed E-state index contributed by atoms with van der Waals surface area (Å²) in [7, 11) is 0. The summed E-state index contributed by atoms with van der Waals surface area (Å²) >= 11 is 2.72. The lowest BCUT2D eigenvalue weighted by atomic mass is 10.1. The summed E-state index contributed by atoms with van der Waals surface area (Å²) in [5.41, 5.74) is -0.533. The van der Waals surface area contributed by atoms with Gasteiger partial charge in [-0.25, -0.2) is 0 Å². The second kappa shape index (κ2) is 8.48. The summed E-state index contributed by atoms with van der Waals surface area (Å²) in [6, 6.07) is 8.46. The number of rotatable bonds is 7. The molecule has 1 aromatic carbocycles. The summed E-state index contributed by atoms with van der Waals surface area (Å²) < 4.78 is 49.9. The van der Waals surface area contributed by atoms with Crippen molar-refractivity contribution in [1.82, 2.24) is 20.3 Å². The summed E-state index contributed by atoms with van der Waals surface area (Å²) in [4.78, 5) is 4.24. The van der Waals surface area contributed by atoms with Crippen LogP contribution in [0.25, 0.3) is 11.4 Å². The third-order valence-corrected chi connectivity index (χ3v) is 5.97. The van der Waals surface area contributed by atoms with Crippen molar-refractivity contribution in [2.45, 2.75) is 29.2 Å². The molecule has 7 nitrogen and oxygen atoms in total. The molecule has 156 valence electrons. The molecular formula is C18H14F3N5O2S2. The lowest BCUT2D eigenvalue weighted by Gasteiger charge is -2.06. The predicted molar refractivity (Wildman–Crippen MR) is 105 cm³/mol. The van der Waals surface area contributed by atoms with E-state index >= 15 is 0 Å². The SMILES string of the molecule is CC(Sc1nnc(NCc2ccco2)s1)c1nc(-c2cccc(C(F)(F)F)c2)no1. The van der Waals surface area contributed by atoms with E-state index in [4.69, 9.17) is 8.94 Å². The number of furan rings is 1. The fourth-order valence-corrected chi connectivity index (χ4v) is 4.38. The molecule has 0 spiro atoms. The number of aromatic nitrogens is 4. The second-order valence-electron chi connectivity index (χ2n) is 6.10. The van der Waals surface area contributed by atoms with Crippen LogP contribution in [0.3, 0.4) is 0 Å². The van der Waals surface area contributed by atoms with Crippen LogP contribution in [0.2, 0.25) is 0 Å². The zero-order valence-electron chi connectivity index (χ0n) is 15.4. The van der Waals surface area contributed by atoms with Gasteiger partial charge in [-0.15, -0.1) is 10.2 Å². The van der Waals surface area contributed by atoms with Crippen LogP contribution in [0.5, 0.6) is 0 Å². The van der Waals surface area contributed by atoms with Gasteiger partial charge in [-0.05, 0) is 31.2 Å². The van der Waals surface area contributed by atoms with E-state index in [9.17, 15) is 13.2 Å². The molecule has 3 aromatic heterocycles. The minimum absolute atomic E-state index is 0.0987.